The first-order chi connectivity index (χ1) is 5.34. The molecule has 0 bridgehead atoms. The number of hydrogen-bond acceptors (Lipinski definition) is 1. The summed E-state index contributed by atoms with van der Waals surface area (Å²) in [6.07, 6.45) is 7.16. The van der Waals surface area contributed by atoms with Gasteiger partial charge in [-0.15, -0.1) is 0 Å². The van der Waals surface area contributed by atoms with Gasteiger partial charge in [-0.05, 0) is 31.2 Å². The van der Waals surface area contributed by atoms with Gasteiger partial charge < -0.3 is 10.3 Å². The monoisotopic (exact) mass is 150 g/mol. The molecule has 0 saturated heterocycles. The van der Waals surface area contributed by atoms with Gasteiger partial charge in [0, 0.05) is 18.9 Å². The van der Waals surface area contributed by atoms with E-state index in [-0.39, 0.29) is 0 Å². The molecule has 2 heteroatoms. The highest BCUT2D eigenvalue weighted by atomic mass is 14.9. The number of nitrogens with zero attached hydrogens (tertiary/aromatic N) is 1. The molecule has 1 aromatic heterocycles. The average molecular weight is 150 g/mol. The number of aryl methyl sites for hydroxylation is 1. The van der Waals surface area contributed by atoms with E-state index in [1.54, 1.807) is 0 Å². The third kappa shape index (κ3) is 2.24. The van der Waals surface area contributed by atoms with Gasteiger partial charge in [-0.25, -0.2) is 0 Å². The first kappa shape index (κ1) is 8.08. The molecular formula is C9H14N2. The number of aromatic nitrogens is 1. The highest BCUT2D eigenvalue weighted by molar-refractivity contribution is 5.45. The Labute approximate surface area is 67.3 Å². The molecule has 2 N–H and O–H groups in total. The van der Waals surface area contributed by atoms with Crippen LogP contribution in [-0.2, 0) is 7.05 Å². The molecule has 2 nitrogen and oxygen atoms in total. The van der Waals surface area contributed by atoms with E-state index >= 15 is 0 Å². The maximum Gasteiger partial charge on any atom is 0.0400 e. The Hall–Kier alpha value is -1.02. The van der Waals surface area contributed by atoms with Crippen LogP contribution in [0, 0.1) is 0 Å². The first-order valence-electron chi connectivity index (χ1n) is 3.82. The minimum absolute atomic E-state index is 0.723. The van der Waals surface area contributed by atoms with Gasteiger partial charge in [0.05, 0.1) is 0 Å². The molecule has 0 fully saturated rings. The van der Waals surface area contributed by atoms with Crippen molar-refractivity contribution in [1.29, 1.82) is 0 Å². The van der Waals surface area contributed by atoms with Crippen molar-refractivity contribution >= 4 is 6.08 Å². The van der Waals surface area contributed by atoms with Gasteiger partial charge in [-0.2, -0.15) is 0 Å². The van der Waals surface area contributed by atoms with E-state index < -0.39 is 0 Å². The first-order valence-corrected chi connectivity index (χ1v) is 3.82. The highest BCUT2D eigenvalue weighted by Crippen LogP contribution is 2.01. The summed E-state index contributed by atoms with van der Waals surface area (Å²) in [5.41, 5.74) is 6.57. The van der Waals surface area contributed by atoms with Crippen LogP contribution in [0.15, 0.2) is 24.4 Å². The fourth-order valence-electron chi connectivity index (χ4n) is 0.948. The Kier molecular flexibility index (Phi) is 2.93. The maximum atomic E-state index is 5.35. The molecule has 0 saturated carbocycles. The third-order valence-electron chi connectivity index (χ3n) is 1.61. The lowest BCUT2D eigenvalue weighted by atomic mass is 10.3. The van der Waals surface area contributed by atoms with Crippen LogP contribution in [-0.4, -0.2) is 11.1 Å². The third-order valence-corrected chi connectivity index (χ3v) is 1.61. The minimum Gasteiger partial charge on any atom is -0.351 e. The van der Waals surface area contributed by atoms with Crippen molar-refractivity contribution in [2.45, 2.75) is 6.42 Å². The summed E-state index contributed by atoms with van der Waals surface area (Å²) in [5, 5.41) is 0. The predicted octanol–water partition coefficient (Wildman–Crippen LogP) is 1.39. The van der Waals surface area contributed by atoms with Crippen molar-refractivity contribution in [3.63, 3.8) is 0 Å². The quantitative estimate of drug-likeness (QED) is 0.693. The Morgan fingerprint density at radius 2 is 2.45 bits per heavy atom. The van der Waals surface area contributed by atoms with E-state index in [1.165, 1.54) is 5.69 Å². The highest BCUT2D eigenvalue weighted by Gasteiger charge is 1.88. The second-order valence-electron chi connectivity index (χ2n) is 2.52. The zero-order chi connectivity index (χ0) is 8.10. The molecule has 1 heterocycles. The van der Waals surface area contributed by atoms with Crippen molar-refractivity contribution < 1.29 is 0 Å². The van der Waals surface area contributed by atoms with Gasteiger partial charge in [0.25, 0.3) is 0 Å². The molecule has 0 unspecified atom stereocenters. The Bertz CT molecular complexity index is 235. The fourth-order valence-corrected chi connectivity index (χ4v) is 0.948. The minimum atomic E-state index is 0.723. The molecule has 0 amide bonds. The summed E-state index contributed by atoms with van der Waals surface area (Å²) in [6.45, 7) is 0.723. The topological polar surface area (TPSA) is 30.9 Å². The molecule has 0 spiro atoms. The van der Waals surface area contributed by atoms with Crippen LogP contribution in [0.2, 0.25) is 0 Å². The van der Waals surface area contributed by atoms with Gasteiger partial charge in [-0.3, -0.25) is 0 Å². The van der Waals surface area contributed by atoms with E-state index in [4.69, 9.17) is 5.73 Å². The molecule has 0 aliphatic heterocycles. The predicted molar refractivity (Wildman–Crippen MR) is 48.1 cm³/mol. The van der Waals surface area contributed by atoms with Gasteiger partial charge in [0.15, 0.2) is 0 Å². The molecule has 0 atom stereocenters. The Balaban J connectivity index is 2.56. The maximum absolute atomic E-state index is 5.35. The lowest BCUT2D eigenvalue weighted by molar-refractivity contribution is 0.913. The van der Waals surface area contributed by atoms with Crippen LogP contribution in [0.3, 0.4) is 0 Å². The van der Waals surface area contributed by atoms with Crippen LogP contribution < -0.4 is 5.73 Å². The number of nitrogens with two attached hydrogens (primary N) is 1. The normalized spacial score (nSPS) is 11.1. The molecule has 11 heavy (non-hydrogen) atoms. The van der Waals surface area contributed by atoms with E-state index in [1.807, 2.05) is 19.3 Å². The Morgan fingerprint density at radius 3 is 3.00 bits per heavy atom. The smallest absolute Gasteiger partial charge is 0.0400 e. The van der Waals surface area contributed by atoms with Gasteiger partial charge in [-0.1, -0.05) is 6.08 Å². The SMILES string of the molecule is Cn1cccc1C=CCCN. The van der Waals surface area contributed by atoms with E-state index in [0.717, 1.165) is 13.0 Å². The molecule has 0 aliphatic carbocycles. The van der Waals surface area contributed by atoms with E-state index in [0.29, 0.717) is 0 Å². The molecule has 60 valence electrons. The van der Waals surface area contributed by atoms with Crippen molar-refractivity contribution in [1.82, 2.24) is 4.57 Å². The molecule has 1 rings (SSSR count). The van der Waals surface area contributed by atoms with Crippen LogP contribution in [0.4, 0.5) is 0 Å². The summed E-state index contributed by atoms with van der Waals surface area (Å²) in [6, 6.07) is 4.11. The Morgan fingerprint density at radius 1 is 1.64 bits per heavy atom. The molecule has 0 radical (unpaired) electrons. The molecule has 0 aliphatic rings. The molecule has 1 aromatic rings. The molecule has 0 aromatic carbocycles. The zero-order valence-electron chi connectivity index (χ0n) is 6.83. The van der Waals surface area contributed by atoms with E-state index in [9.17, 15) is 0 Å². The van der Waals surface area contributed by atoms with Gasteiger partial charge >= 0.3 is 0 Å². The standard InChI is InChI=1S/C9H14N2/c1-11-8-4-6-9(11)5-2-3-7-10/h2,4-6,8H,3,7,10H2,1H3. The van der Waals surface area contributed by atoms with E-state index in [2.05, 4.69) is 22.8 Å². The van der Waals surface area contributed by atoms with Crippen molar-refractivity contribution in [3.05, 3.63) is 30.1 Å². The largest absolute Gasteiger partial charge is 0.351 e. The fraction of sp³-hybridized carbons (Fsp3) is 0.333. The number of hydrogen-bond donors (Lipinski definition) is 1. The lowest BCUT2D eigenvalue weighted by Gasteiger charge is -1.94. The summed E-state index contributed by atoms with van der Waals surface area (Å²) in [4.78, 5) is 0. The van der Waals surface area contributed by atoms with Gasteiger partial charge in [0.1, 0.15) is 0 Å². The lowest BCUT2D eigenvalue weighted by Crippen LogP contribution is -1.95. The summed E-state index contributed by atoms with van der Waals surface area (Å²) >= 11 is 0. The summed E-state index contributed by atoms with van der Waals surface area (Å²) in [7, 11) is 2.03. The number of rotatable bonds is 3. The average Bonchev–Trinajstić information content (AvgIpc) is 2.37. The van der Waals surface area contributed by atoms with Crippen molar-refractivity contribution in [3.8, 4) is 0 Å². The second kappa shape index (κ2) is 3.98. The van der Waals surface area contributed by atoms with Crippen LogP contribution in [0.5, 0.6) is 0 Å². The van der Waals surface area contributed by atoms with Crippen molar-refractivity contribution in [2.24, 2.45) is 12.8 Å². The van der Waals surface area contributed by atoms with Crippen LogP contribution in [0.25, 0.3) is 6.08 Å². The summed E-state index contributed by atoms with van der Waals surface area (Å²) in [5.74, 6) is 0. The van der Waals surface area contributed by atoms with Gasteiger partial charge in [0.2, 0.25) is 0 Å². The second-order valence-corrected chi connectivity index (χ2v) is 2.52. The van der Waals surface area contributed by atoms with Crippen molar-refractivity contribution in [2.75, 3.05) is 6.54 Å². The molecular weight excluding hydrogens is 136 g/mol. The van der Waals surface area contributed by atoms with Crippen LogP contribution in [0.1, 0.15) is 12.1 Å². The zero-order valence-corrected chi connectivity index (χ0v) is 6.83. The summed E-state index contributed by atoms with van der Waals surface area (Å²) < 4.78 is 2.08. The van der Waals surface area contributed by atoms with Crippen LogP contribution >= 0.6 is 0 Å².